The molecule has 2 fully saturated rings. The van der Waals surface area contributed by atoms with Crippen LogP contribution in [0.2, 0.25) is 0 Å². The molecule has 18 heavy (non-hydrogen) atoms. The Balaban J connectivity index is 1.76. The van der Waals surface area contributed by atoms with Crippen molar-refractivity contribution in [2.24, 2.45) is 10.4 Å². The highest BCUT2D eigenvalue weighted by Gasteiger charge is 2.43. The average molecular weight is 252 g/mol. The topological polar surface area (TPSA) is 30.9 Å². The van der Waals surface area contributed by atoms with Crippen molar-refractivity contribution in [2.45, 2.75) is 32.6 Å². The lowest BCUT2D eigenvalue weighted by Gasteiger charge is -2.38. The number of hydrogen-bond acceptors (Lipinski definition) is 2. The van der Waals surface area contributed by atoms with Crippen LogP contribution in [0.25, 0.3) is 0 Å². The number of guanidine groups is 1. The van der Waals surface area contributed by atoms with Crippen LogP contribution >= 0.6 is 0 Å². The molecule has 2 rings (SSSR count). The van der Waals surface area contributed by atoms with E-state index in [-0.39, 0.29) is 0 Å². The predicted octanol–water partition coefficient (Wildman–Crippen LogP) is 1.39. The second kappa shape index (κ2) is 5.91. The lowest BCUT2D eigenvalue weighted by Crippen LogP contribution is -2.44. The number of likely N-dealkylation sites (N-methyl/N-ethyl adjacent to an activating group) is 1. The van der Waals surface area contributed by atoms with Gasteiger partial charge in [-0.05, 0) is 38.3 Å². The largest absolute Gasteiger partial charge is 0.355 e. The SMILES string of the molecule is CCN(C)CCNC(=NC)N1CCC2(CCC2)C1. The Labute approximate surface area is 111 Å². The van der Waals surface area contributed by atoms with Crippen molar-refractivity contribution in [1.29, 1.82) is 0 Å². The number of nitrogens with zero attached hydrogens (tertiary/aromatic N) is 3. The molecule has 1 spiro atoms. The number of likely N-dealkylation sites (tertiary alicyclic amines) is 1. The summed E-state index contributed by atoms with van der Waals surface area (Å²) in [5, 5.41) is 3.50. The summed E-state index contributed by atoms with van der Waals surface area (Å²) >= 11 is 0. The van der Waals surface area contributed by atoms with E-state index in [0.29, 0.717) is 5.41 Å². The fourth-order valence-electron chi connectivity index (χ4n) is 3.05. The molecule has 0 amide bonds. The highest BCUT2D eigenvalue weighted by Crippen LogP contribution is 2.47. The van der Waals surface area contributed by atoms with Gasteiger partial charge >= 0.3 is 0 Å². The minimum Gasteiger partial charge on any atom is -0.355 e. The van der Waals surface area contributed by atoms with Gasteiger partial charge < -0.3 is 15.1 Å². The van der Waals surface area contributed by atoms with Crippen LogP contribution in [0.1, 0.15) is 32.6 Å². The Bertz CT molecular complexity index is 296. The van der Waals surface area contributed by atoms with Gasteiger partial charge in [-0.2, -0.15) is 0 Å². The second-order valence-electron chi connectivity index (χ2n) is 5.89. The van der Waals surface area contributed by atoms with E-state index in [1.165, 1.54) is 38.8 Å². The fraction of sp³-hybridized carbons (Fsp3) is 0.929. The van der Waals surface area contributed by atoms with E-state index in [0.717, 1.165) is 25.6 Å². The summed E-state index contributed by atoms with van der Waals surface area (Å²) < 4.78 is 0. The molecule has 1 aliphatic heterocycles. The van der Waals surface area contributed by atoms with Crippen LogP contribution in [0.15, 0.2) is 4.99 Å². The average Bonchev–Trinajstić information content (AvgIpc) is 2.79. The first-order valence-corrected chi connectivity index (χ1v) is 7.33. The van der Waals surface area contributed by atoms with Gasteiger partial charge in [0.25, 0.3) is 0 Å². The van der Waals surface area contributed by atoms with Crippen molar-refractivity contribution in [3.63, 3.8) is 0 Å². The minimum atomic E-state index is 0.651. The lowest BCUT2D eigenvalue weighted by atomic mass is 9.68. The molecule has 1 aliphatic carbocycles. The number of hydrogen-bond donors (Lipinski definition) is 1. The summed E-state index contributed by atoms with van der Waals surface area (Å²) in [6.07, 6.45) is 5.65. The number of aliphatic imine (C=N–C) groups is 1. The third kappa shape index (κ3) is 2.97. The Morgan fingerprint density at radius 3 is 2.67 bits per heavy atom. The smallest absolute Gasteiger partial charge is 0.193 e. The summed E-state index contributed by atoms with van der Waals surface area (Å²) in [7, 11) is 4.06. The van der Waals surface area contributed by atoms with E-state index in [2.05, 4.69) is 34.1 Å². The van der Waals surface area contributed by atoms with Crippen LogP contribution in [0, 0.1) is 5.41 Å². The summed E-state index contributed by atoms with van der Waals surface area (Å²) in [5.41, 5.74) is 0.651. The van der Waals surface area contributed by atoms with Crippen molar-refractivity contribution in [3.8, 4) is 0 Å². The standard InChI is InChI=1S/C14H28N4/c1-4-17(3)11-9-16-13(15-2)18-10-8-14(12-18)6-5-7-14/h4-12H2,1-3H3,(H,15,16). The van der Waals surface area contributed by atoms with Gasteiger partial charge in [-0.3, -0.25) is 4.99 Å². The van der Waals surface area contributed by atoms with E-state index >= 15 is 0 Å². The van der Waals surface area contributed by atoms with Crippen LogP contribution in [0.3, 0.4) is 0 Å². The first kappa shape index (κ1) is 13.7. The van der Waals surface area contributed by atoms with Gasteiger partial charge in [-0.1, -0.05) is 13.3 Å². The van der Waals surface area contributed by atoms with Crippen LogP contribution in [-0.4, -0.2) is 62.6 Å². The molecular formula is C14H28N4. The van der Waals surface area contributed by atoms with Crippen LogP contribution in [-0.2, 0) is 0 Å². The quantitative estimate of drug-likeness (QED) is 0.606. The summed E-state index contributed by atoms with van der Waals surface area (Å²) in [6.45, 7) is 7.76. The Morgan fingerprint density at radius 1 is 1.39 bits per heavy atom. The molecule has 4 heteroatoms. The Kier molecular flexibility index (Phi) is 4.49. The molecule has 0 aromatic carbocycles. The molecule has 2 aliphatic rings. The van der Waals surface area contributed by atoms with E-state index < -0.39 is 0 Å². The predicted molar refractivity (Wildman–Crippen MR) is 77.0 cm³/mol. The molecule has 0 unspecified atom stereocenters. The van der Waals surface area contributed by atoms with Gasteiger partial charge in [0.2, 0.25) is 0 Å². The summed E-state index contributed by atoms with van der Waals surface area (Å²) in [4.78, 5) is 9.20. The van der Waals surface area contributed by atoms with Crippen LogP contribution < -0.4 is 5.32 Å². The van der Waals surface area contributed by atoms with Crippen LogP contribution in [0.4, 0.5) is 0 Å². The van der Waals surface area contributed by atoms with Crippen molar-refractivity contribution >= 4 is 5.96 Å². The normalized spacial score (nSPS) is 22.7. The molecule has 0 aromatic rings. The van der Waals surface area contributed by atoms with E-state index in [4.69, 9.17) is 0 Å². The molecule has 1 saturated carbocycles. The molecule has 1 N–H and O–H groups in total. The molecule has 104 valence electrons. The van der Waals surface area contributed by atoms with Crippen molar-refractivity contribution < 1.29 is 0 Å². The maximum atomic E-state index is 4.43. The molecule has 0 bridgehead atoms. The zero-order valence-electron chi connectivity index (χ0n) is 12.2. The summed E-state index contributed by atoms with van der Waals surface area (Å²) in [6, 6.07) is 0. The molecule has 0 radical (unpaired) electrons. The highest BCUT2D eigenvalue weighted by molar-refractivity contribution is 5.80. The van der Waals surface area contributed by atoms with Crippen LogP contribution in [0.5, 0.6) is 0 Å². The third-order valence-electron chi connectivity index (χ3n) is 4.68. The maximum Gasteiger partial charge on any atom is 0.193 e. The number of nitrogens with one attached hydrogen (secondary N) is 1. The van der Waals surface area contributed by atoms with Crippen molar-refractivity contribution in [2.75, 3.05) is 46.8 Å². The van der Waals surface area contributed by atoms with Gasteiger partial charge in [-0.15, -0.1) is 0 Å². The molecule has 0 aromatic heterocycles. The van der Waals surface area contributed by atoms with Crippen molar-refractivity contribution in [1.82, 2.24) is 15.1 Å². The zero-order chi connectivity index (χ0) is 13.0. The Hall–Kier alpha value is -0.770. The molecule has 1 saturated heterocycles. The molecule has 4 nitrogen and oxygen atoms in total. The maximum absolute atomic E-state index is 4.43. The second-order valence-corrected chi connectivity index (χ2v) is 5.89. The molecule has 1 heterocycles. The molecular weight excluding hydrogens is 224 g/mol. The Morgan fingerprint density at radius 2 is 2.17 bits per heavy atom. The van der Waals surface area contributed by atoms with Gasteiger partial charge in [-0.25, -0.2) is 0 Å². The van der Waals surface area contributed by atoms with Gasteiger partial charge in [0.05, 0.1) is 0 Å². The van der Waals surface area contributed by atoms with Crippen molar-refractivity contribution in [3.05, 3.63) is 0 Å². The summed E-state index contributed by atoms with van der Waals surface area (Å²) in [5.74, 6) is 1.10. The number of rotatable bonds is 4. The first-order valence-electron chi connectivity index (χ1n) is 7.33. The lowest BCUT2D eigenvalue weighted by molar-refractivity contribution is 0.151. The minimum absolute atomic E-state index is 0.651. The third-order valence-corrected chi connectivity index (χ3v) is 4.68. The van der Waals surface area contributed by atoms with E-state index in [9.17, 15) is 0 Å². The van der Waals surface area contributed by atoms with Gasteiger partial charge in [0.15, 0.2) is 5.96 Å². The first-order chi connectivity index (χ1) is 8.69. The zero-order valence-corrected chi connectivity index (χ0v) is 12.2. The molecule has 0 atom stereocenters. The van der Waals surface area contributed by atoms with Gasteiger partial charge in [0, 0.05) is 33.2 Å². The highest BCUT2D eigenvalue weighted by atomic mass is 15.3. The van der Waals surface area contributed by atoms with Gasteiger partial charge in [0.1, 0.15) is 0 Å². The van der Waals surface area contributed by atoms with E-state index in [1.54, 1.807) is 0 Å². The monoisotopic (exact) mass is 252 g/mol. The van der Waals surface area contributed by atoms with E-state index in [1.807, 2.05) is 7.05 Å². The fourth-order valence-corrected chi connectivity index (χ4v) is 3.05.